The zero-order valence-electron chi connectivity index (χ0n) is 18.4. The second kappa shape index (κ2) is 10.2. The molecule has 1 amide bonds. The Bertz CT molecular complexity index is 1030. The van der Waals surface area contributed by atoms with Gasteiger partial charge in [-0.25, -0.2) is 4.98 Å². The minimum absolute atomic E-state index is 0.135. The molecule has 1 aliphatic heterocycles. The Morgan fingerprint density at radius 1 is 1.22 bits per heavy atom. The standard InChI is InChI=1S/C22H27N5O4S/c1-14-10-27(11-15(2)30-14)12-17-13-32-22(23-17)24-19(28)8-9-20-25-21(26-31-20)16-4-6-18(29-3)7-5-16/h4-7,13-15H,8-12H2,1-3H3,(H,23,24,28)/t14-,15-/m0/s1. The van der Waals surface area contributed by atoms with Crippen molar-refractivity contribution in [3.63, 3.8) is 0 Å². The molecular formula is C22H27N5O4S. The summed E-state index contributed by atoms with van der Waals surface area (Å²) in [6.07, 6.45) is 1.02. The maximum Gasteiger partial charge on any atom is 0.227 e. The normalized spacial score (nSPS) is 19.1. The number of benzene rings is 1. The quantitative estimate of drug-likeness (QED) is 0.549. The molecule has 1 aromatic carbocycles. The molecule has 0 bridgehead atoms. The molecule has 0 aliphatic carbocycles. The summed E-state index contributed by atoms with van der Waals surface area (Å²) >= 11 is 1.43. The molecule has 9 nitrogen and oxygen atoms in total. The first-order chi connectivity index (χ1) is 15.5. The highest BCUT2D eigenvalue weighted by Gasteiger charge is 2.23. The second-order valence-electron chi connectivity index (χ2n) is 7.88. The largest absolute Gasteiger partial charge is 0.497 e. The van der Waals surface area contributed by atoms with Crippen molar-refractivity contribution in [2.24, 2.45) is 0 Å². The van der Waals surface area contributed by atoms with Gasteiger partial charge in [0.1, 0.15) is 5.75 Å². The van der Waals surface area contributed by atoms with E-state index in [0.29, 0.717) is 23.3 Å². The molecule has 0 spiro atoms. The van der Waals surface area contributed by atoms with Gasteiger partial charge < -0.3 is 19.3 Å². The number of carbonyl (C=O) groups excluding carboxylic acids is 1. The Kier molecular flexibility index (Phi) is 7.13. The van der Waals surface area contributed by atoms with Crippen LogP contribution in [-0.2, 0) is 22.5 Å². The molecule has 1 N–H and O–H groups in total. The number of methoxy groups -OCH3 is 1. The lowest BCUT2D eigenvalue weighted by Crippen LogP contribution is -2.44. The molecule has 3 aromatic rings. The third-order valence-corrected chi connectivity index (χ3v) is 5.87. The molecule has 2 atom stereocenters. The second-order valence-corrected chi connectivity index (χ2v) is 8.74. The van der Waals surface area contributed by atoms with E-state index in [-0.39, 0.29) is 24.5 Å². The number of hydrogen-bond acceptors (Lipinski definition) is 9. The summed E-state index contributed by atoms with van der Waals surface area (Å²) in [7, 11) is 1.62. The number of morpholine rings is 1. The number of aromatic nitrogens is 3. The van der Waals surface area contributed by atoms with Crippen LogP contribution in [0.5, 0.6) is 5.75 Å². The predicted molar refractivity (Wildman–Crippen MR) is 121 cm³/mol. The number of hydrogen-bond donors (Lipinski definition) is 1. The molecule has 1 aliphatic rings. The van der Waals surface area contributed by atoms with Crippen LogP contribution in [0.2, 0.25) is 0 Å². The van der Waals surface area contributed by atoms with Crippen molar-refractivity contribution in [1.29, 1.82) is 0 Å². The van der Waals surface area contributed by atoms with E-state index in [9.17, 15) is 4.79 Å². The van der Waals surface area contributed by atoms with Crippen LogP contribution in [0.1, 0.15) is 31.9 Å². The smallest absolute Gasteiger partial charge is 0.227 e. The van der Waals surface area contributed by atoms with Gasteiger partial charge in [-0.2, -0.15) is 4.98 Å². The van der Waals surface area contributed by atoms with Crippen LogP contribution in [0.3, 0.4) is 0 Å². The van der Waals surface area contributed by atoms with Gasteiger partial charge in [0.2, 0.25) is 17.6 Å². The number of rotatable bonds is 8. The topological polar surface area (TPSA) is 103 Å². The summed E-state index contributed by atoms with van der Waals surface area (Å²) in [5.41, 5.74) is 1.78. The number of thiazole rings is 1. The molecule has 4 rings (SSSR count). The highest BCUT2D eigenvalue weighted by molar-refractivity contribution is 7.13. The van der Waals surface area contributed by atoms with Crippen molar-refractivity contribution in [1.82, 2.24) is 20.0 Å². The maximum atomic E-state index is 12.3. The number of amides is 1. The summed E-state index contributed by atoms with van der Waals surface area (Å²) in [6, 6.07) is 7.39. The molecule has 1 fully saturated rings. The van der Waals surface area contributed by atoms with Gasteiger partial charge in [-0.3, -0.25) is 9.69 Å². The minimum atomic E-state index is -0.135. The van der Waals surface area contributed by atoms with Crippen molar-refractivity contribution in [2.75, 3.05) is 25.5 Å². The summed E-state index contributed by atoms with van der Waals surface area (Å²) in [5.74, 6) is 1.53. The molecule has 2 aromatic heterocycles. The number of aryl methyl sites for hydroxylation is 1. The summed E-state index contributed by atoms with van der Waals surface area (Å²) in [6.45, 7) is 6.68. The van der Waals surface area contributed by atoms with E-state index in [2.05, 4.69) is 39.2 Å². The lowest BCUT2D eigenvalue weighted by atomic mass is 10.2. The number of nitrogens with zero attached hydrogens (tertiary/aromatic N) is 4. The van der Waals surface area contributed by atoms with Crippen LogP contribution in [-0.4, -0.2) is 58.3 Å². The molecule has 1 saturated heterocycles. The van der Waals surface area contributed by atoms with Crippen LogP contribution in [0.4, 0.5) is 5.13 Å². The Hall–Kier alpha value is -2.82. The first kappa shape index (κ1) is 22.4. The average Bonchev–Trinajstić information content (AvgIpc) is 3.41. The predicted octanol–water partition coefficient (Wildman–Crippen LogP) is 3.38. The highest BCUT2D eigenvalue weighted by atomic mass is 32.1. The Labute approximate surface area is 190 Å². The van der Waals surface area contributed by atoms with Crippen LogP contribution in [0.15, 0.2) is 34.2 Å². The lowest BCUT2D eigenvalue weighted by Gasteiger charge is -2.34. The molecule has 0 radical (unpaired) electrons. The number of anilines is 1. The van der Waals surface area contributed by atoms with Gasteiger partial charge in [0.05, 0.1) is 25.0 Å². The van der Waals surface area contributed by atoms with E-state index in [0.717, 1.165) is 36.6 Å². The van der Waals surface area contributed by atoms with Crippen LogP contribution in [0.25, 0.3) is 11.4 Å². The van der Waals surface area contributed by atoms with Crippen molar-refractivity contribution in [2.45, 2.75) is 45.4 Å². The van der Waals surface area contributed by atoms with Crippen molar-refractivity contribution < 1.29 is 18.8 Å². The Morgan fingerprint density at radius 2 is 1.97 bits per heavy atom. The summed E-state index contributed by atoms with van der Waals surface area (Å²) < 4.78 is 16.2. The number of nitrogens with one attached hydrogen (secondary N) is 1. The van der Waals surface area contributed by atoms with E-state index >= 15 is 0 Å². The average molecular weight is 458 g/mol. The van der Waals surface area contributed by atoms with Crippen molar-refractivity contribution >= 4 is 22.4 Å². The number of ether oxygens (including phenoxy) is 2. The summed E-state index contributed by atoms with van der Waals surface area (Å²) in [5, 5.41) is 9.44. The molecule has 32 heavy (non-hydrogen) atoms. The molecule has 0 saturated carbocycles. The SMILES string of the molecule is COc1ccc(-c2noc(CCC(=O)Nc3nc(CN4C[C@H](C)O[C@@H](C)C4)cs3)n2)cc1. The van der Waals surface area contributed by atoms with Gasteiger partial charge in [0.15, 0.2) is 5.13 Å². The first-order valence-electron chi connectivity index (χ1n) is 10.6. The van der Waals surface area contributed by atoms with Gasteiger partial charge in [-0.05, 0) is 38.1 Å². The van der Waals surface area contributed by atoms with E-state index in [1.165, 1.54) is 11.3 Å². The Balaban J connectivity index is 1.25. The fourth-order valence-corrected chi connectivity index (χ4v) is 4.41. The van der Waals surface area contributed by atoms with E-state index < -0.39 is 0 Å². The van der Waals surface area contributed by atoms with Crippen LogP contribution < -0.4 is 10.1 Å². The van der Waals surface area contributed by atoms with Gasteiger partial charge >= 0.3 is 0 Å². The highest BCUT2D eigenvalue weighted by Crippen LogP contribution is 2.21. The third-order valence-electron chi connectivity index (χ3n) is 5.06. The van der Waals surface area contributed by atoms with E-state index in [1.54, 1.807) is 7.11 Å². The molecular weight excluding hydrogens is 430 g/mol. The Morgan fingerprint density at radius 3 is 2.69 bits per heavy atom. The fraction of sp³-hybridized carbons (Fsp3) is 0.455. The first-order valence-corrected chi connectivity index (χ1v) is 11.5. The molecule has 170 valence electrons. The maximum absolute atomic E-state index is 12.3. The van der Waals surface area contributed by atoms with Crippen molar-refractivity contribution in [3.8, 4) is 17.1 Å². The van der Waals surface area contributed by atoms with Gasteiger partial charge in [-0.15, -0.1) is 11.3 Å². The van der Waals surface area contributed by atoms with Gasteiger partial charge in [0.25, 0.3) is 0 Å². The van der Waals surface area contributed by atoms with Gasteiger partial charge in [-0.1, -0.05) is 5.16 Å². The van der Waals surface area contributed by atoms with E-state index in [1.807, 2.05) is 29.6 Å². The lowest BCUT2D eigenvalue weighted by molar-refractivity contribution is -0.116. The molecule has 3 heterocycles. The van der Waals surface area contributed by atoms with E-state index in [4.69, 9.17) is 14.0 Å². The summed E-state index contributed by atoms with van der Waals surface area (Å²) in [4.78, 5) is 23.6. The monoisotopic (exact) mass is 457 g/mol. The van der Waals surface area contributed by atoms with Gasteiger partial charge in [0, 0.05) is 43.4 Å². The molecule has 0 unspecified atom stereocenters. The number of carbonyl (C=O) groups is 1. The van der Waals surface area contributed by atoms with Crippen LogP contribution >= 0.6 is 11.3 Å². The fourth-order valence-electron chi connectivity index (χ4n) is 3.70. The van der Waals surface area contributed by atoms with Crippen molar-refractivity contribution in [3.05, 3.63) is 41.2 Å². The zero-order valence-corrected chi connectivity index (χ0v) is 19.2. The minimum Gasteiger partial charge on any atom is -0.497 e. The third kappa shape index (κ3) is 5.90. The zero-order chi connectivity index (χ0) is 22.5. The molecule has 10 heteroatoms. The van der Waals surface area contributed by atoms with Crippen LogP contribution in [0, 0.1) is 0 Å².